The summed E-state index contributed by atoms with van der Waals surface area (Å²) >= 11 is 0. The lowest BCUT2D eigenvalue weighted by atomic mass is 9.92. The number of phenols is 3. The second kappa shape index (κ2) is 12.5. The van der Waals surface area contributed by atoms with E-state index in [1.54, 1.807) is 30.6 Å². The molecule has 9 heteroatoms. The molecule has 202 valence electrons. The second-order valence-electron chi connectivity index (χ2n) is 9.34. The van der Waals surface area contributed by atoms with E-state index >= 15 is 0 Å². The number of nitrogens with zero attached hydrogens (tertiary/aromatic N) is 1. The van der Waals surface area contributed by atoms with Crippen LogP contribution in [0.1, 0.15) is 49.0 Å². The van der Waals surface area contributed by atoms with Crippen LogP contribution in [0, 0.1) is 0 Å². The molecule has 0 radical (unpaired) electrons. The lowest BCUT2D eigenvalue weighted by Crippen LogP contribution is -2.34. The monoisotopic (exact) mass is 523 g/mol. The molecular weight excluding hydrogens is 490 g/mol. The van der Waals surface area contributed by atoms with Crippen molar-refractivity contribution in [2.75, 3.05) is 13.7 Å². The summed E-state index contributed by atoms with van der Waals surface area (Å²) < 4.78 is 22.9. The molecule has 3 atom stereocenters. The van der Waals surface area contributed by atoms with Crippen molar-refractivity contribution in [1.29, 1.82) is 0 Å². The third-order valence-electron chi connectivity index (χ3n) is 6.51. The van der Waals surface area contributed by atoms with Gasteiger partial charge in [-0.05, 0) is 59.9 Å². The highest BCUT2D eigenvalue weighted by Gasteiger charge is 2.33. The molecule has 1 aliphatic heterocycles. The minimum absolute atomic E-state index is 0.0748. The molecule has 3 aromatic rings. The van der Waals surface area contributed by atoms with Gasteiger partial charge in [0.25, 0.3) is 0 Å². The number of ether oxygens (including phenoxy) is 4. The van der Waals surface area contributed by atoms with E-state index < -0.39 is 6.10 Å². The van der Waals surface area contributed by atoms with Crippen LogP contribution in [-0.2, 0) is 27.1 Å². The number of pyridine rings is 1. The fraction of sp³-hybridized carbons (Fsp3) is 0.379. The van der Waals surface area contributed by atoms with Crippen LogP contribution in [0.3, 0.4) is 0 Å². The van der Waals surface area contributed by atoms with Crippen LogP contribution in [-0.4, -0.2) is 52.2 Å². The maximum atomic E-state index is 11.7. The molecule has 0 aliphatic carbocycles. The molecular formula is C29H33NO8. The molecule has 4 rings (SSSR count). The number of hydrogen-bond donors (Lipinski definition) is 3. The summed E-state index contributed by atoms with van der Waals surface area (Å²) in [4.78, 5) is 15.8. The number of aromatic hydroxyl groups is 3. The van der Waals surface area contributed by atoms with Gasteiger partial charge in [-0.2, -0.15) is 0 Å². The molecule has 1 saturated heterocycles. The van der Waals surface area contributed by atoms with Crippen molar-refractivity contribution in [3.8, 4) is 28.7 Å². The van der Waals surface area contributed by atoms with Gasteiger partial charge >= 0.3 is 5.97 Å². The van der Waals surface area contributed by atoms with E-state index in [-0.39, 0.29) is 47.8 Å². The highest BCUT2D eigenvalue weighted by atomic mass is 16.6. The Hall–Kier alpha value is -3.98. The standard InChI is InChI=1S/C29H33NO8/c1-18(31)37-23-15-22(7-5-19-6-8-24(32)27(12-19)35-2)38-26(16-23)21-13-25(33)29(34)28(14-21)36-11-9-20-4-3-10-30-17-20/h3-4,6,8,10,12-14,17,22-23,26,32-34H,5,7,9,11,15-16H2,1-2H3. The SMILES string of the molecule is COc1cc(CCC2CC(OC(C)=O)CC(c3cc(O)c(O)c(OCCc4cccnc4)c3)O2)ccc1O. The molecule has 1 aliphatic rings. The van der Waals surface area contributed by atoms with Crippen molar-refractivity contribution in [1.82, 2.24) is 4.98 Å². The number of aryl methyl sites for hydroxylation is 1. The third kappa shape index (κ3) is 7.07. The predicted octanol–water partition coefficient (Wildman–Crippen LogP) is 4.61. The zero-order valence-corrected chi connectivity index (χ0v) is 21.5. The summed E-state index contributed by atoms with van der Waals surface area (Å²) in [7, 11) is 1.50. The summed E-state index contributed by atoms with van der Waals surface area (Å²) in [5, 5.41) is 30.7. The number of methoxy groups -OCH3 is 1. The number of rotatable bonds is 10. The molecule has 0 amide bonds. The van der Waals surface area contributed by atoms with E-state index in [0.29, 0.717) is 43.4 Å². The molecule has 2 aromatic carbocycles. The summed E-state index contributed by atoms with van der Waals surface area (Å²) in [6, 6.07) is 12.1. The van der Waals surface area contributed by atoms with Crippen LogP contribution in [0.25, 0.3) is 0 Å². The Morgan fingerprint density at radius 1 is 1.03 bits per heavy atom. The Morgan fingerprint density at radius 2 is 1.87 bits per heavy atom. The van der Waals surface area contributed by atoms with Gasteiger partial charge in [-0.15, -0.1) is 0 Å². The Balaban J connectivity index is 1.48. The predicted molar refractivity (Wildman–Crippen MR) is 139 cm³/mol. The number of phenolic OH excluding ortho intramolecular Hbond substituents is 3. The number of carbonyl (C=O) groups excluding carboxylic acids is 1. The van der Waals surface area contributed by atoms with Crippen molar-refractivity contribution in [2.24, 2.45) is 0 Å². The molecule has 3 unspecified atom stereocenters. The smallest absolute Gasteiger partial charge is 0.302 e. The van der Waals surface area contributed by atoms with Crippen molar-refractivity contribution in [2.45, 2.75) is 57.3 Å². The van der Waals surface area contributed by atoms with Gasteiger partial charge in [0.2, 0.25) is 5.75 Å². The summed E-state index contributed by atoms with van der Waals surface area (Å²) in [5.41, 5.74) is 2.58. The van der Waals surface area contributed by atoms with Crippen LogP contribution in [0.4, 0.5) is 0 Å². The minimum atomic E-state index is -0.486. The van der Waals surface area contributed by atoms with Crippen molar-refractivity contribution < 1.29 is 39.1 Å². The first-order chi connectivity index (χ1) is 18.3. The van der Waals surface area contributed by atoms with Gasteiger partial charge in [-0.3, -0.25) is 9.78 Å². The number of aromatic nitrogens is 1. The largest absolute Gasteiger partial charge is 0.504 e. The van der Waals surface area contributed by atoms with Crippen molar-refractivity contribution in [3.05, 3.63) is 71.5 Å². The van der Waals surface area contributed by atoms with Crippen molar-refractivity contribution in [3.63, 3.8) is 0 Å². The molecule has 2 heterocycles. The zero-order valence-electron chi connectivity index (χ0n) is 21.5. The quantitative estimate of drug-likeness (QED) is 0.258. The molecule has 3 N–H and O–H groups in total. The van der Waals surface area contributed by atoms with E-state index in [1.807, 2.05) is 18.2 Å². The van der Waals surface area contributed by atoms with Gasteiger partial charge < -0.3 is 34.3 Å². The molecule has 0 saturated carbocycles. The normalized spacial score (nSPS) is 19.1. The fourth-order valence-electron chi connectivity index (χ4n) is 4.64. The van der Waals surface area contributed by atoms with Crippen LogP contribution < -0.4 is 9.47 Å². The summed E-state index contributed by atoms with van der Waals surface area (Å²) in [6.07, 6.45) is 5.17. The number of carbonyl (C=O) groups is 1. The molecule has 38 heavy (non-hydrogen) atoms. The van der Waals surface area contributed by atoms with Crippen LogP contribution in [0.5, 0.6) is 28.7 Å². The average Bonchev–Trinajstić information content (AvgIpc) is 2.90. The Bertz CT molecular complexity index is 1230. The number of benzene rings is 2. The van der Waals surface area contributed by atoms with Gasteiger partial charge in [-0.1, -0.05) is 12.1 Å². The zero-order chi connectivity index (χ0) is 27.1. The molecule has 9 nitrogen and oxygen atoms in total. The van der Waals surface area contributed by atoms with E-state index in [9.17, 15) is 20.1 Å². The van der Waals surface area contributed by atoms with E-state index in [4.69, 9.17) is 18.9 Å². The van der Waals surface area contributed by atoms with E-state index in [1.165, 1.54) is 20.1 Å². The van der Waals surface area contributed by atoms with Crippen molar-refractivity contribution >= 4 is 5.97 Å². The first-order valence-corrected chi connectivity index (χ1v) is 12.6. The van der Waals surface area contributed by atoms with Gasteiger partial charge in [0, 0.05) is 38.6 Å². The maximum Gasteiger partial charge on any atom is 0.302 e. The lowest BCUT2D eigenvalue weighted by Gasteiger charge is -2.35. The highest BCUT2D eigenvalue weighted by Crippen LogP contribution is 2.42. The molecule has 1 fully saturated rings. The maximum absolute atomic E-state index is 11.7. The molecule has 0 spiro atoms. The van der Waals surface area contributed by atoms with Gasteiger partial charge in [0.1, 0.15) is 6.10 Å². The van der Waals surface area contributed by atoms with Gasteiger partial charge in [0.15, 0.2) is 23.0 Å². The van der Waals surface area contributed by atoms with E-state index in [0.717, 1.165) is 11.1 Å². The topological polar surface area (TPSA) is 128 Å². The van der Waals surface area contributed by atoms with Gasteiger partial charge in [-0.25, -0.2) is 0 Å². The highest BCUT2D eigenvalue weighted by molar-refractivity contribution is 5.66. The average molecular weight is 524 g/mol. The third-order valence-corrected chi connectivity index (χ3v) is 6.51. The molecule has 0 bridgehead atoms. The number of esters is 1. The first kappa shape index (κ1) is 27.1. The Kier molecular flexibility index (Phi) is 8.91. The van der Waals surface area contributed by atoms with Crippen LogP contribution >= 0.6 is 0 Å². The number of hydrogen-bond acceptors (Lipinski definition) is 9. The van der Waals surface area contributed by atoms with Gasteiger partial charge in [0.05, 0.1) is 25.9 Å². The Labute approximate surface area is 221 Å². The summed E-state index contributed by atoms with van der Waals surface area (Å²) in [5.74, 6) is -0.403. The van der Waals surface area contributed by atoms with Crippen LogP contribution in [0.15, 0.2) is 54.9 Å². The summed E-state index contributed by atoms with van der Waals surface area (Å²) in [6.45, 7) is 1.66. The van der Waals surface area contributed by atoms with E-state index in [2.05, 4.69) is 4.98 Å². The lowest BCUT2D eigenvalue weighted by molar-refractivity contribution is -0.160. The minimum Gasteiger partial charge on any atom is -0.504 e. The second-order valence-corrected chi connectivity index (χ2v) is 9.34. The molecule has 1 aromatic heterocycles. The fourth-order valence-corrected chi connectivity index (χ4v) is 4.64. The first-order valence-electron chi connectivity index (χ1n) is 12.6. The Morgan fingerprint density at radius 3 is 2.61 bits per heavy atom. The van der Waals surface area contributed by atoms with Crippen LogP contribution in [0.2, 0.25) is 0 Å².